The van der Waals surface area contributed by atoms with Crippen LogP contribution in [0, 0.1) is 5.92 Å². The van der Waals surface area contributed by atoms with Gasteiger partial charge in [0.1, 0.15) is 5.76 Å². The number of pyridine rings is 1. The van der Waals surface area contributed by atoms with Crippen LogP contribution < -0.4 is 5.73 Å². The van der Waals surface area contributed by atoms with Gasteiger partial charge in [-0.1, -0.05) is 43.3 Å². The standard InChI is InChI=1S/C15H19N3O/c16-15-14(12-7-4-8-17-10-12)13(19-18-15)9-11-5-2-1-3-6-11/h4,7-8,10-11H,1-3,5-6,9H2,(H2,16,18). The minimum atomic E-state index is 0.471. The fraction of sp³-hybridized carbons (Fsp3) is 0.467. The van der Waals surface area contributed by atoms with Crippen LogP contribution in [-0.4, -0.2) is 10.1 Å². The molecular weight excluding hydrogens is 238 g/mol. The summed E-state index contributed by atoms with van der Waals surface area (Å²) in [7, 11) is 0. The number of nitrogen functional groups attached to an aromatic ring is 1. The Bertz CT molecular complexity index is 530. The van der Waals surface area contributed by atoms with Crippen LogP contribution >= 0.6 is 0 Å². The van der Waals surface area contributed by atoms with Crippen LogP contribution in [0.4, 0.5) is 5.82 Å². The van der Waals surface area contributed by atoms with Crippen molar-refractivity contribution in [2.45, 2.75) is 38.5 Å². The van der Waals surface area contributed by atoms with Crippen LogP contribution in [0.25, 0.3) is 11.1 Å². The fourth-order valence-electron chi connectivity index (χ4n) is 2.95. The number of hydrogen-bond donors (Lipinski definition) is 1. The first-order valence-corrected chi connectivity index (χ1v) is 6.99. The molecule has 3 rings (SSSR count). The van der Waals surface area contributed by atoms with Gasteiger partial charge < -0.3 is 10.3 Å². The van der Waals surface area contributed by atoms with Gasteiger partial charge in [0.15, 0.2) is 5.82 Å². The Labute approximate surface area is 113 Å². The van der Waals surface area contributed by atoms with Gasteiger partial charge in [-0.2, -0.15) is 0 Å². The quantitative estimate of drug-likeness (QED) is 0.914. The maximum Gasteiger partial charge on any atom is 0.175 e. The van der Waals surface area contributed by atoms with E-state index in [1.54, 1.807) is 6.20 Å². The zero-order chi connectivity index (χ0) is 13.1. The van der Waals surface area contributed by atoms with E-state index in [2.05, 4.69) is 10.1 Å². The van der Waals surface area contributed by atoms with E-state index in [9.17, 15) is 0 Å². The summed E-state index contributed by atoms with van der Waals surface area (Å²) >= 11 is 0. The molecule has 4 heteroatoms. The van der Waals surface area contributed by atoms with E-state index in [4.69, 9.17) is 10.3 Å². The van der Waals surface area contributed by atoms with Crippen LogP contribution in [0.2, 0.25) is 0 Å². The van der Waals surface area contributed by atoms with E-state index >= 15 is 0 Å². The minimum Gasteiger partial charge on any atom is -0.380 e. The smallest absolute Gasteiger partial charge is 0.175 e. The molecule has 0 aliphatic heterocycles. The Kier molecular flexibility index (Phi) is 3.49. The Hall–Kier alpha value is -1.84. The van der Waals surface area contributed by atoms with Crippen LogP contribution in [0.3, 0.4) is 0 Å². The van der Waals surface area contributed by atoms with Gasteiger partial charge in [-0.05, 0) is 12.0 Å². The van der Waals surface area contributed by atoms with Gasteiger partial charge in [0.05, 0.1) is 5.56 Å². The molecule has 0 radical (unpaired) electrons. The Morgan fingerprint density at radius 3 is 2.84 bits per heavy atom. The van der Waals surface area contributed by atoms with Crippen LogP contribution in [0.5, 0.6) is 0 Å². The van der Waals surface area contributed by atoms with E-state index < -0.39 is 0 Å². The summed E-state index contributed by atoms with van der Waals surface area (Å²) in [6, 6.07) is 3.91. The number of aromatic nitrogens is 2. The van der Waals surface area contributed by atoms with E-state index in [1.165, 1.54) is 32.1 Å². The highest BCUT2D eigenvalue weighted by molar-refractivity contribution is 5.74. The Morgan fingerprint density at radius 2 is 2.11 bits per heavy atom. The van der Waals surface area contributed by atoms with Gasteiger partial charge in [-0.3, -0.25) is 4.98 Å². The third-order valence-corrected chi connectivity index (χ3v) is 3.94. The maximum atomic E-state index is 5.95. The first kappa shape index (κ1) is 12.2. The monoisotopic (exact) mass is 257 g/mol. The molecule has 0 bridgehead atoms. The molecule has 0 atom stereocenters. The fourth-order valence-corrected chi connectivity index (χ4v) is 2.95. The number of anilines is 1. The number of nitrogens with two attached hydrogens (primary N) is 1. The number of nitrogens with zero attached hydrogens (tertiary/aromatic N) is 2. The summed E-state index contributed by atoms with van der Waals surface area (Å²) in [5.74, 6) is 2.09. The van der Waals surface area contributed by atoms with Crippen LogP contribution in [-0.2, 0) is 6.42 Å². The predicted molar refractivity (Wildman–Crippen MR) is 74.4 cm³/mol. The summed E-state index contributed by atoms with van der Waals surface area (Å²) in [6.45, 7) is 0. The lowest BCUT2D eigenvalue weighted by Gasteiger charge is -2.20. The largest absolute Gasteiger partial charge is 0.380 e. The molecule has 0 spiro atoms. The summed E-state index contributed by atoms with van der Waals surface area (Å²) in [4.78, 5) is 4.14. The lowest BCUT2D eigenvalue weighted by molar-refractivity contribution is 0.311. The van der Waals surface area contributed by atoms with E-state index in [1.807, 2.05) is 18.3 Å². The van der Waals surface area contributed by atoms with Crippen LogP contribution in [0.1, 0.15) is 37.9 Å². The van der Waals surface area contributed by atoms with Gasteiger partial charge in [-0.25, -0.2) is 0 Å². The molecule has 0 aromatic carbocycles. The van der Waals surface area contributed by atoms with E-state index in [0.29, 0.717) is 11.7 Å². The van der Waals surface area contributed by atoms with Crippen molar-refractivity contribution in [3.05, 3.63) is 30.3 Å². The summed E-state index contributed by atoms with van der Waals surface area (Å²) < 4.78 is 5.45. The first-order chi connectivity index (χ1) is 9.34. The molecule has 19 heavy (non-hydrogen) atoms. The summed E-state index contributed by atoms with van der Waals surface area (Å²) in [6.07, 6.45) is 11.1. The van der Waals surface area contributed by atoms with Crippen LogP contribution in [0.15, 0.2) is 29.0 Å². The van der Waals surface area contributed by atoms with Crippen molar-refractivity contribution in [3.63, 3.8) is 0 Å². The second kappa shape index (κ2) is 5.43. The zero-order valence-corrected chi connectivity index (χ0v) is 11.0. The van der Waals surface area contributed by atoms with Gasteiger partial charge >= 0.3 is 0 Å². The summed E-state index contributed by atoms with van der Waals surface area (Å²) in [5, 5.41) is 3.93. The second-order valence-electron chi connectivity index (χ2n) is 5.32. The van der Waals surface area contributed by atoms with Gasteiger partial charge in [0, 0.05) is 24.4 Å². The maximum absolute atomic E-state index is 5.95. The van der Waals surface area contributed by atoms with E-state index in [-0.39, 0.29) is 0 Å². The molecular formula is C15H19N3O. The van der Waals surface area contributed by atoms with Crippen molar-refractivity contribution in [3.8, 4) is 11.1 Å². The molecule has 0 saturated heterocycles. The SMILES string of the molecule is Nc1noc(CC2CCCCC2)c1-c1cccnc1. The molecule has 1 saturated carbocycles. The molecule has 2 aromatic heterocycles. The lowest BCUT2D eigenvalue weighted by Crippen LogP contribution is -2.09. The highest BCUT2D eigenvalue weighted by Crippen LogP contribution is 2.34. The number of hydrogen-bond acceptors (Lipinski definition) is 4. The van der Waals surface area contributed by atoms with Gasteiger partial charge in [-0.15, -0.1) is 0 Å². The molecule has 0 amide bonds. The highest BCUT2D eigenvalue weighted by Gasteiger charge is 2.21. The predicted octanol–water partition coefficient (Wildman–Crippen LogP) is 3.44. The minimum absolute atomic E-state index is 0.471. The topological polar surface area (TPSA) is 64.9 Å². The second-order valence-corrected chi connectivity index (χ2v) is 5.32. The third-order valence-electron chi connectivity index (χ3n) is 3.94. The zero-order valence-electron chi connectivity index (χ0n) is 11.0. The van der Waals surface area contributed by atoms with Crippen molar-refractivity contribution in [2.75, 3.05) is 5.73 Å². The lowest BCUT2D eigenvalue weighted by atomic mass is 9.85. The normalized spacial score (nSPS) is 16.6. The van der Waals surface area contributed by atoms with E-state index in [0.717, 1.165) is 23.3 Å². The van der Waals surface area contributed by atoms with Crippen molar-refractivity contribution < 1.29 is 4.52 Å². The molecule has 2 heterocycles. The first-order valence-electron chi connectivity index (χ1n) is 6.99. The van der Waals surface area contributed by atoms with Crippen molar-refractivity contribution >= 4 is 5.82 Å². The Morgan fingerprint density at radius 1 is 1.26 bits per heavy atom. The van der Waals surface area contributed by atoms with Crippen molar-refractivity contribution in [2.24, 2.45) is 5.92 Å². The molecule has 1 aliphatic rings. The number of rotatable bonds is 3. The average molecular weight is 257 g/mol. The molecule has 2 N–H and O–H groups in total. The molecule has 100 valence electrons. The van der Waals surface area contributed by atoms with Gasteiger partial charge in [0.2, 0.25) is 0 Å². The summed E-state index contributed by atoms with van der Waals surface area (Å²) in [5.41, 5.74) is 7.87. The molecule has 1 fully saturated rings. The molecule has 0 unspecified atom stereocenters. The molecule has 4 nitrogen and oxygen atoms in total. The molecule has 2 aromatic rings. The van der Waals surface area contributed by atoms with Crippen molar-refractivity contribution in [1.29, 1.82) is 0 Å². The highest BCUT2D eigenvalue weighted by atomic mass is 16.5. The molecule has 1 aliphatic carbocycles. The average Bonchev–Trinajstić information content (AvgIpc) is 2.82. The third kappa shape index (κ3) is 2.62. The van der Waals surface area contributed by atoms with Gasteiger partial charge in [0.25, 0.3) is 0 Å². The van der Waals surface area contributed by atoms with Crippen molar-refractivity contribution in [1.82, 2.24) is 10.1 Å². The Balaban J connectivity index is 1.86.